The first-order valence-electron chi connectivity index (χ1n) is 7.28. The van der Waals surface area contributed by atoms with Gasteiger partial charge in [0, 0.05) is 6.07 Å². The van der Waals surface area contributed by atoms with Gasteiger partial charge in [-0.1, -0.05) is 32.0 Å². The summed E-state index contributed by atoms with van der Waals surface area (Å²) in [7, 11) is 0. The van der Waals surface area contributed by atoms with Gasteiger partial charge in [-0.05, 0) is 29.7 Å². The number of phenolic OH excluding ortho intramolecular Hbond substituents is 2. The van der Waals surface area contributed by atoms with Crippen LogP contribution in [0.4, 0.5) is 0 Å². The second kappa shape index (κ2) is 5.64. The average molecular weight is 311 g/mol. The lowest BCUT2D eigenvalue weighted by atomic mass is 9.98. The van der Waals surface area contributed by atoms with Gasteiger partial charge >= 0.3 is 5.69 Å². The second-order valence-corrected chi connectivity index (χ2v) is 5.61. The highest BCUT2D eigenvalue weighted by Gasteiger charge is 2.19. The van der Waals surface area contributed by atoms with Gasteiger partial charge in [-0.3, -0.25) is 0 Å². The molecule has 0 aliphatic heterocycles. The van der Waals surface area contributed by atoms with Crippen LogP contribution < -0.4 is 5.69 Å². The Balaban J connectivity index is 2.25. The summed E-state index contributed by atoms with van der Waals surface area (Å²) in [5.41, 5.74) is 1.30. The molecule has 1 heterocycles. The Bertz CT molecular complexity index is 895. The van der Waals surface area contributed by atoms with Crippen molar-refractivity contribution in [3.8, 4) is 28.6 Å². The minimum atomic E-state index is -0.398. The van der Waals surface area contributed by atoms with E-state index in [1.807, 2.05) is 32.0 Å². The first kappa shape index (κ1) is 14.9. The van der Waals surface area contributed by atoms with Gasteiger partial charge in [-0.2, -0.15) is 5.10 Å². The minimum Gasteiger partial charge on any atom is -0.508 e. The van der Waals surface area contributed by atoms with Crippen LogP contribution in [0.3, 0.4) is 0 Å². The van der Waals surface area contributed by atoms with Crippen LogP contribution >= 0.6 is 0 Å². The van der Waals surface area contributed by atoms with Crippen molar-refractivity contribution in [3.63, 3.8) is 0 Å². The molecule has 2 aromatic carbocycles. The van der Waals surface area contributed by atoms with Crippen LogP contribution in [-0.2, 0) is 0 Å². The largest absolute Gasteiger partial charge is 0.508 e. The van der Waals surface area contributed by atoms with Crippen LogP contribution in [0.15, 0.2) is 47.3 Å². The number of nitrogens with zero attached hydrogens (tertiary/aromatic N) is 2. The highest BCUT2D eigenvalue weighted by atomic mass is 16.3. The molecule has 3 rings (SSSR count). The maximum atomic E-state index is 12.1. The summed E-state index contributed by atoms with van der Waals surface area (Å²) < 4.78 is 1.39. The Kier molecular flexibility index (Phi) is 3.65. The van der Waals surface area contributed by atoms with E-state index in [-0.39, 0.29) is 17.4 Å². The predicted molar refractivity (Wildman–Crippen MR) is 87.0 cm³/mol. The molecule has 0 fully saturated rings. The number of para-hydroxylation sites is 1. The maximum Gasteiger partial charge on any atom is 0.348 e. The molecule has 1 aromatic heterocycles. The summed E-state index contributed by atoms with van der Waals surface area (Å²) in [6.45, 7) is 3.87. The molecule has 6 heteroatoms. The minimum absolute atomic E-state index is 0.0189. The summed E-state index contributed by atoms with van der Waals surface area (Å²) in [6, 6.07) is 12.0. The molecule has 0 unspecified atom stereocenters. The zero-order chi connectivity index (χ0) is 16.6. The Labute approximate surface area is 132 Å². The molecule has 0 spiro atoms. The number of hydrogen-bond donors (Lipinski definition) is 3. The topological polar surface area (TPSA) is 91.1 Å². The van der Waals surface area contributed by atoms with Crippen molar-refractivity contribution in [2.24, 2.45) is 0 Å². The third kappa shape index (κ3) is 2.59. The van der Waals surface area contributed by atoms with Crippen LogP contribution in [0, 0.1) is 0 Å². The monoisotopic (exact) mass is 311 g/mol. The van der Waals surface area contributed by atoms with E-state index in [9.17, 15) is 15.0 Å². The number of H-pyrrole nitrogens is 1. The number of hydrogen-bond acceptors (Lipinski definition) is 4. The van der Waals surface area contributed by atoms with Gasteiger partial charge in [0.05, 0.1) is 11.3 Å². The van der Waals surface area contributed by atoms with Gasteiger partial charge < -0.3 is 10.2 Å². The van der Waals surface area contributed by atoms with Crippen molar-refractivity contribution in [2.45, 2.75) is 19.8 Å². The Hall–Kier alpha value is -3.02. The molecule has 118 valence electrons. The van der Waals surface area contributed by atoms with E-state index in [4.69, 9.17) is 0 Å². The summed E-state index contributed by atoms with van der Waals surface area (Å²) in [5.74, 6) is 0.235. The predicted octanol–water partition coefficient (Wildman–Crippen LogP) is 2.76. The van der Waals surface area contributed by atoms with E-state index in [2.05, 4.69) is 10.2 Å². The number of nitrogens with one attached hydrogen (secondary N) is 1. The van der Waals surface area contributed by atoms with E-state index >= 15 is 0 Å². The van der Waals surface area contributed by atoms with Crippen LogP contribution in [0.5, 0.6) is 11.5 Å². The molecule has 23 heavy (non-hydrogen) atoms. The van der Waals surface area contributed by atoms with Gasteiger partial charge in [-0.15, -0.1) is 0 Å². The third-order valence-electron chi connectivity index (χ3n) is 3.69. The maximum absolute atomic E-state index is 12.1. The summed E-state index contributed by atoms with van der Waals surface area (Å²) >= 11 is 0. The molecular formula is C17H17N3O3. The summed E-state index contributed by atoms with van der Waals surface area (Å²) in [5, 5.41) is 26.6. The normalized spacial score (nSPS) is 11.1. The van der Waals surface area contributed by atoms with E-state index < -0.39 is 5.69 Å². The number of benzene rings is 2. The molecular weight excluding hydrogens is 294 g/mol. The van der Waals surface area contributed by atoms with Gasteiger partial charge in [0.1, 0.15) is 11.5 Å². The van der Waals surface area contributed by atoms with Crippen LogP contribution in [-0.4, -0.2) is 25.0 Å². The molecule has 3 aromatic rings. The van der Waals surface area contributed by atoms with Gasteiger partial charge in [0.15, 0.2) is 5.82 Å². The molecule has 0 aliphatic carbocycles. The molecule has 0 saturated heterocycles. The van der Waals surface area contributed by atoms with Crippen LogP contribution in [0.25, 0.3) is 17.1 Å². The zero-order valence-corrected chi connectivity index (χ0v) is 12.8. The van der Waals surface area contributed by atoms with Crippen molar-refractivity contribution in [1.29, 1.82) is 0 Å². The number of aromatic amines is 1. The lowest BCUT2D eigenvalue weighted by Crippen LogP contribution is -2.15. The van der Waals surface area contributed by atoms with Gasteiger partial charge in [-0.25, -0.2) is 14.5 Å². The third-order valence-corrected chi connectivity index (χ3v) is 3.69. The fourth-order valence-electron chi connectivity index (χ4n) is 2.53. The van der Waals surface area contributed by atoms with Crippen molar-refractivity contribution >= 4 is 0 Å². The van der Waals surface area contributed by atoms with Gasteiger partial charge in [0.2, 0.25) is 0 Å². The van der Waals surface area contributed by atoms with Crippen molar-refractivity contribution in [2.75, 3.05) is 0 Å². The molecule has 0 saturated carbocycles. The standard InChI is InChI=1S/C17H17N3O3/c1-10(2)12-8-13(15(22)9-14(12)21)16-18-19-17(23)20(16)11-6-4-3-5-7-11/h3-10,21-22H,1-2H3,(H,19,23). The van der Waals surface area contributed by atoms with Gasteiger partial charge in [0.25, 0.3) is 0 Å². The molecule has 0 aliphatic rings. The van der Waals surface area contributed by atoms with Crippen LogP contribution in [0.1, 0.15) is 25.3 Å². The number of aromatic hydroxyl groups is 2. The van der Waals surface area contributed by atoms with E-state index in [0.717, 1.165) is 0 Å². The quantitative estimate of drug-likeness (QED) is 0.693. The Morgan fingerprint density at radius 3 is 2.43 bits per heavy atom. The molecule has 0 atom stereocenters. The number of phenols is 2. The smallest absolute Gasteiger partial charge is 0.348 e. The van der Waals surface area contributed by atoms with E-state index in [1.54, 1.807) is 18.2 Å². The van der Waals surface area contributed by atoms with E-state index in [0.29, 0.717) is 22.6 Å². The summed E-state index contributed by atoms with van der Waals surface area (Å²) in [6.07, 6.45) is 0. The lowest BCUT2D eigenvalue weighted by molar-refractivity contribution is 0.444. The second-order valence-electron chi connectivity index (χ2n) is 5.61. The SMILES string of the molecule is CC(C)c1cc(-c2n[nH]c(=O)n2-c2ccccc2)c(O)cc1O. The average Bonchev–Trinajstić information content (AvgIpc) is 2.89. The Morgan fingerprint density at radius 1 is 1.09 bits per heavy atom. The lowest BCUT2D eigenvalue weighted by Gasteiger charge is -2.13. The molecule has 3 N–H and O–H groups in total. The van der Waals surface area contributed by atoms with Crippen LogP contribution in [0.2, 0.25) is 0 Å². The number of aromatic nitrogens is 3. The van der Waals surface area contributed by atoms with Crippen molar-refractivity contribution < 1.29 is 10.2 Å². The van der Waals surface area contributed by atoms with E-state index in [1.165, 1.54) is 10.6 Å². The fourth-order valence-corrected chi connectivity index (χ4v) is 2.53. The first-order valence-corrected chi connectivity index (χ1v) is 7.28. The summed E-state index contributed by atoms with van der Waals surface area (Å²) in [4.78, 5) is 12.1. The molecule has 0 amide bonds. The highest BCUT2D eigenvalue weighted by Crippen LogP contribution is 2.37. The van der Waals surface area contributed by atoms with Crippen molar-refractivity contribution in [3.05, 3.63) is 58.5 Å². The Morgan fingerprint density at radius 2 is 1.78 bits per heavy atom. The number of rotatable bonds is 3. The molecule has 6 nitrogen and oxygen atoms in total. The molecule has 0 bridgehead atoms. The highest BCUT2D eigenvalue weighted by molar-refractivity contribution is 5.69. The fraction of sp³-hybridized carbons (Fsp3) is 0.176. The zero-order valence-electron chi connectivity index (χ0n) is 12.8. The van der Waals surface area contributed by atoms with Crippen molar-refractivity contribution in [1.82, 2.24) is 14.8 Å². The first-order chi connectivity index (χ1) is 11.0. The molecule has 0 radical (unpaired) electrons.